The molecule has 0 aliphatic rings. The van der Waals surface area contributed by atoms with Crippen LogP contribution in [0.3, 0.4) is 0 Å². The second kappa shape index (κ2) is 3.79. The van der Waals surface area contributed by atoms with Crippen LogP contribution in [0.25, 0.3) is 11.5 Å². The Hall–Kier alpha value is -1.36. The SMILES string of the molecule is COc1ccc(Br)cc1-c1nnco1. The third-order valence-corrected chi connectivity index (χ3v) is 2.25. The summed E-state index contributed by atoms with van der Waals surface area (Å²) >= 11 is 3.37. The molecule has 0 amide bonds. The summed E-state index contributed by atoms with van der Waals surface area (Å²) in [5.74, 6) is 1.15. The van der Waals surface area contributed by atoms with Crippen molar-refractivity contribution in [1.29, 1.82) is 0 Å². The molecule has 1 aromatic carbocycles. The lowest BCUT2D eigenvalue weighted by Gasteiger charge is -2.04. The van der Waals surface area contributed by atoms with Gasteiger partial charge in [-0.05, 0) is 18.2 Å². The molecule has 1 aromatic heterocycles. The van der Waals surface area contributed by atoms with Crippen LogP contribution in [-0.2, 0) is 0 Å². The summed E-state index contributed by atoms with van der Waals surface area (Å²) in [6.45, 7) is 0. The molecule has 0 aliphatic carbocycles. The van der Waals surface area contributed by atoms with Crippen molar-refractivity contribution in [3.05, 3.63) is 29.1 Å². The smallest absolute Gasteiger partial charge is 0.251 e. The van der Waals surface area contributed by atoms with E-state index in [-0.39, 0.29) is 0 Å². The van der Waals surface area contributed by atoms with Gasteiger partial charge in [-0.2, -0.15) is 0 Å². The maximum atomic E-state index is 5.18. The Morgan fingerprint density at radius 1 is 1.43 bits per heavy atom. The average molecular weight is 255 g/mol. The third-order valence-electron chi connectivity index (χ3n) is 1.75. The van der Waals surface area contributed by atoms with Gasteiger partial charge in [-0.25, -0.2) is 0 Å². The summed E-state index contributed by atoms with van der Waals surface area (Å²) in [6, 6.07) is 5.59. The molecule has 14 heavy (non-hydrogen) atoms. The number of hydrogen-bond acceptors (Lipinski definition) is 4. The van der Waals surface area contributed by atoms with Crippen LogP contribution in [0.4, 0.5) is 0 Å². The summed E-state index contributed by atoms with van der Waals surface area (Å²) in [5, 5.41) is 7.43. The minimum Gasteiger partial charge on any atom is -0.496 e. The van der Waals surface area contributed by atoms with E-state index in [0.29, 0.717) is 11.6 Å². The Bertz CT molecular complexity index is 428. The number of rotatable bonds is 2. The van der Waals surface area contributed by atoms with Crippen LogP contribution >= 0.6 is 15.9 Å². The van der Waals surface area contributed by atoms with E-state index in [1.807, 2.05) is 18.2 Å². The van der Waals surface area contributed by atoms with Crippen LogP contribution in [-0.4, -0.2) is 17.3 Å². The van der Waals surface area contributed by atoms with Crippen molar-refractivity contribution in [3.63, 3.8) is 0 Å². The molecule has 0 bridgehead atoms. The highest BCUT2D eigenvalue weighted by molar-refractivity contribution is 9.10. The standard InChI is InChI=1S/C9H7BrN2O2/c1-13-8-3-2-6(10)4-7(8)9-12-11-5-14-9/h2-5H,1H3. The summed E-state index contributed by atoms with van der Waals surface area (Å²) < 4.78 is 11.2. The van der Waals surface area contributed by atoms with Crippen molar-refractivity contribution in [2.45, 2.75) is 0 Å². The Kier molecular flexibility index (Phi) is 2.49. The van der Waals surface area contributed by atoms with Gasteiger partial charge in [-0.15, -0.1) is 10.2 Å². The van der Waals surface area contributed by atoms with Crippen LogP contribution in [0.15, 0.2) is 33.5 Å². The van der Waals surface area contributed by atoms with Crippen molar-refractivity contribution < 1.29 is 9.15 Å². The quantitative estimate of drug-likeness (QED) is 0.827. The normalized spacial score (nSPS) is 10.1. The van der Waals surface area contributed by atoms with Crippen LogP contribution in [0.2, 0.25) is 0 Å². The molecular weight excluding hydrogens is 248 g/mol. The van der Waals surface area contributed by atoms with E-state index in [9.17, 15) is 0 Å². The molecule has 0 unspecified atom stereocenters. The predicted octanol–water partition coefficient (Wildman–Crippen LogP) is 2.51. The van der Waals surface area contributed by atoms with Crippen molar-refractivity contribution in [1.82, 2.24) is 10.2 Å². The molecule has 0 atom stereocenters. The van der Waals surface area contributed by atoms with E-state index in [1.165, 1.54) is 6.39 Å². The highest BCUT2D eigenvalue weighted by Gasteiger charge is 2.10. The number of ether oxygens (including phenoxy) is 1. The summed E-state index contributed by atoms with van der Waals surface area (Å²) in [6.07, 6.45) is 1.29. The van der Waals surface area contributed by atoms with Crippen LogP contribution in [0.1, 0.15) is 0 Å². The van der Waals surface area contributed by atoms with E-state index in [4.69, 9.17) is 9.15 Å². The van der Waals surface area contributed by atoms with Gasteiger partial charge in [0.25, 0.3) is 5.89 Å². The van der Waals surface area contributed by atoms with Gasteiger partial charge in [0, 0.05) is 4.47 Å². The molecule has 2 rings (SSSR count). The number of nitrogens with zero attached hydrogens (tertiary/aromatic N) is 2. The van der Waals surface area contributed by atoms with E-state index < -0.39 is 0 Å². The molecule has 2 aromatic rings. The van der Waals surface area contributed by atoms with E-state index >= 15 is 0 Å². The zero-order valence-electron chi connectivity index (χ0n) is 7.40. The summed E-state index contributed by atoms with van der Waals surface area (Å²) in [7, 11) is 1.60. The summed E-state index contributed by atoms with van der Waals surface area (Å²) in [4.78, 5) is 0. The lowest BCUT2D eigenvalue weighted by atomic mass is 10.2. The van der Waals surface area contributed by atoms with Gasteiger partial charge in [-0.3, -0.25) is 0 Å². The summed E-state index contributed by atoms with van der Waals surface area (Å²) in [5.41, 5.74) is 0.777. The molecule has 0 saturated carbocycles. The van der Waals surface area contributed by atoms with Crippen molar-refractivity contribution in [2.24, 2.45) is 0 Å². The monoisotopic (exact) mass is 254 g/mol. The number of benzene rings is 1. The zero-order valence-corrected chi connectivity index (χ0v) is 8.98. The first-order valence-electron chi connectivity index (χ1n) is 3.91. The first kappa shape index (κ1) is 9.21. The molecule has 72 valence electrons. The van der Waals surface area contributed by atoms with Crippen molar-refractivity contribution in [2.75, 3.05) is 7.11 Å². The van der Waals surface area contributed by atoms with Gasteiger partial charge in [-0.1, -0.05) is 15.9 Å². The maximum absolute atomic E-state index is 5.18. The molecular formula is C9H7BrN2O2. The van der Waals surface area contributed by atoms with E-state index in [2.05, 4.69) is 26.1 Å². The lowest BCUT2D eigenvalue weighted by Crippen LogP contribution is -1.88. The van der Waals surface area contributed by atoms with E-state index in [0.717, 1.165) is 10.0 Å². The Morgan fingerprint density at radius 3 is 2.93 bits per heavy atom. The first-order valence-corrected chi connectivity index (χ1v) is 4.70. The van der Waals surface area contributed by atoms with Gasteiger partial charge in [0.2, 0.25) is 6.39 Å². The second-order valence-corrected chi connectivity index (χ2v) is 3.50. The third kappa shape index (κ3) is 1.63. The van der Waals surface area contributed by atoms with Crippen LogP contribution in [0.5, 0.6) is 5.75 Å². The molecule has 0 radical (unpaired) electrons. The maximum Gasteiger partial charge on any atom is 0.251 e. The van der Waals surface area contributed by atoms with Gasteiger partial charge in [0.1, 0.15) is 5.75 Å². The number of halogens is 1. The second-order valence-electron chi connectivity index (χ2n) is 2.59. The fourth-order valence-corrected chi connectivity index (χ4v) is 1.50. The van der Waals surface area contributed by atoms with Crippen LogP contribution < -0.4 is 4.74 Å². The molecule has 4 nitrogen and oxygen atoms in total. The Morgan fingerprint density at radius 2 is 2.29 bits per heavy atom. The minimum absolute atomic E-state index is 0.447. The van der Waals surface area contributed by atoms with Gasteiger partial charge >= 0.3 is 0 Å². The molecule has 0 aliphatic heterocycles. The zero-order chi connectivity index (χ0) is 9.97. The first-order chi connectivity index (χ1) is 6.81. The number of hydrogen-bond donors (Lipinski definition) is 0. The molecule has 5 heteroatoms. The van der Waals surface area contributed by atoms with Gasteiger partial charge < -0.3 is 9.15 Å². The lowest BCUT2D eigenvalue weighted by molar-refractivity contribution is 0.414. The van der Waals surface area contributed by atoms with Crippen LogP contribution in [0, 0.1) is 0 Å². The highest BCUT2D eigenvalue weighted by Crippen LogP contribution is 2.30. The predicted molar refractivity (Wildman–Crippen MR) is 54.0 cm³/mol. The Balaban J connectivity index is 2.55. The minimum atomic E-state index is 0.447. The largest absolute Gasteiger partial charge is 0.496 e. The van der Waals surface area contributed by atoms with Crippen molar-refractivity contribution >= 4 is 15.9 Å². The van der Waals surface area contributed by atoms with Gasteiger partial charge in [0.05, 0.1) is 12.7 Å². The topological polar surface area (TPSA) is 48.2 Å². The number of aromatic nitrogens is 2. The molecule has 0 fully saturated rings. The molecule has 0 saturated heterocycles. The number of methoxy groups -OCH3 is 1. The van der Waals surface area contributed by atoms with Crippen molar-refractivity contribution in [3.8, 4) is 17.2 Å². The molecule has 0 N–H and O–H groups in total. The molecule has 1 heterocycles. The molecule has 0 spiro atoms. The van der Waals surface area contributed by atoms with E-state index in [1.54, 1.807) is 7.11 Å². The fourth-order valence-electron chi connectivity index (χ4n) is 1.14. The highest BCUT2D eigenvalue weighted by atomic mass is 79.9. The fraction of sp³-hybridized carbons (Fsp3) is 0.111. The average Bonchev–Trinajstić information content (AvgIpc) is 2.70. The van der Waals surface area contributed by atoms with Gasteiger partial charge in [0.15, 0.2) is 0 Å². The Labute approximate surface area is 89.0 Å².